The van der Waals surface area contributed by atoms with Gasteiger partial charge in [0.15, 0.2) is 0 Å². The molecule has 0 aliphatic rings. The Morgan fingerprint density at radius 2 is 1.81 bits per heavy atom. The van der Waals surface area contributed by atoms with Gasteiger partial charge in [-0.3, -0.25) is 4.98 Å². The molecule has 0 aliphatic carbocycles. The van der Waals surface area contributed by atoms with Gasteiger partial charge in [-0.1, -0.05) is 26.0 Å². The quantitative estimate of drug-likeness (QED) is 0.911. The largest absolute Gasteiger partial charge is 0.322 e. The fraction of sp³-hybridized carbons (Fsp3) is 0.500. The molecule has 2 N–H and O–H groups in total. The van der Waals surface area contributed by atoms with E-state index in [2.05, 4.69) is 68.2 Å². The first-order chi connectivity index (χ1) is 9.94. The predicted molar refractivity (Wildman–Crippen MR) is 90.4 cm³/mol. The molecule has 2 rings (SSSR count). The molecule has 3 nitrogen and oxygen atoms in total. The molecule has 1 aromatic heterocycles. The second-order valence-electron chi connectivity index (χ2n) is 6.09. The van der Waals surface area contributed by atoms with Crippen molar-refractivity contribution >= 4 is 10.9 Å². The van der Waals surface area contributed by atoms with Gasteiger partial charge >= 0.3 is 0 Å². The fourth-order valence-electron chi connectivity index (χ4n) is 3.35. The van der Waals surface area contributed by atoms with E-state index in [0.717, 1.165) is 29.4 Å². The van der Waals surface area contributed by atoms with E-state index >= 15 is 0 Å². The van der Waals surface area contributed by atoms with Crippen LogP contribution in [0.15, 0.2) is 30.3 Å². The monoisotopic (exact) mass is 285 g/mol. The molecule has 0 saturated heterocycles. The first-order valence-electron chi connectivity index (χ1n) is 7.75. The molecule has 114 valence electrons. The number of rotatable bonds is 5. The highest BCUT2D eigenvalue weighted by atomic mass is 15.2. The van der Waals surface area contributed by atoms with E-state index < -0.39 is 0 Å². The summed E-state index contributed by atoms with van der Waals surface area (Å²) < 4.78 is 0. The number of aromatic nitrogens is 1. The minimum absolute atomic E-state index is 0.00629. The average Bonchev–Trinajstić information content (AvgIpc) is 2.48. The lowest BCUT2D eigenvalue weighted by Gasteiger charge is -2.43. The number of fused-ring (bicyclic) bond motifs is 1. The second-order valence-corrected chi connectivity index (χ2v) is 6.09. The molecule has 1 heterocycles. The molecule has 0 radical (unpaired) electrons. The van der Waals surface area contributed by atoms with Crippen LogP contribution >= 0.6 is 0 Å². The Morgan fingerprint density at radius 3 is 2.38 bits per heavy atom. The van der Waals surface area contributed by atoms with Gasteiger partial charge in [-0.15, -0.1) is 0 Å². The molecule has 1 atom stereocenters. The zero-order valence-corrected chi connectivity index (χ0v) is 13.9. The zero-order chi connectivity index (χ0) is 15.6. The minimum Gasteiger partial charge on any atom is -0.322 e. The normalized spacial score (nSPS) is 13.9. The summed E-state index contributed by atoms with van der Waals surface area (Å²) in [5, 5.41) is 1.16. The summed E-state index contributed by atoms with van der Waals surface area (Å²) >= 11 is 0. The van der Waals surface area contributed by atoms with Crippen LogP contribution in [0.2, 0.25) is 0 Å². The lowest BCUT2D eigenvalue weighted by atomic mass is 9.80. The Bertz CT molecular complexity index is 615. The van der Waals surface area contributed by atoms with Crippen LogP contribution in [0.25, 0.3) is 10.9 Å². The standard InChI is InChI=1S/C18H27N3/c1-6-18(7-2,21(4)5)17(19)15-10-11-16-14(12-15)9-8-13(3)20-16/h8-12,17H,6-7,19H2,1-5H3. The van der Waals surface area contributed by atoms with Crippen LogP contribution in [0, 0.1) is 6.92 Å². The third-order valence-electron chi connectivity index (χ3n) is 4.91. The van der Waals surface area contributed by atoms with E-state index in [9.17, 15) is 0 Å². The van der Waals surface area contributed by atoms with Crippen molar-refractivity contribution in [3.8, 4) is 0 Å². The van der Waals surface area contributed by atoms with E-state index in [0.29, 0.717) is 0 Å². The van der Waals surface area contributed by atoms with Gasteiger partial charge in [0.25, 0.3) is 0 Å². The van der Waals surface area contributed by atoms with E-state index in [1.54, 1.807) is 0 Å². The number of nitrogens with zero attached hydrogens (tertiary/aromatic N) is 2. The molecule has 0 bridgehead atoms. The minimum atomic E-state index is -0.00813. The third-order valence-corrected chi connectivity index (χ3v) is 4.91. The van der Waals surface area contributed by atoms with Crippen molar-refractivity contribution in [2.75, 3.05) is 14.1 Å². The molecule has 0 saturated carbocycles. The summed E-state index contributed by atoms with van der Waals surface area (Å²) in [7, 11) is 4.25. The van der Waals surface area contributed by atoms with Crippen LogP contribution in [0.1, 0.15) is 44.0 Å². The number of aryl methyl sites for hydroxylation is 1. The van der Waals surface area contributed by atoms with Crippen molar-refractivity contribution in [1.29, 1.82) is 0 Å². The first kappa shape index (κ1) is 15.9. The molecule has 21 heavy (non-hydrogen) atoms. The van der Waals surface area contributed by atoms with E-state index in [-0.39, 0.29) is 11.6 Å². The number of hydrogen-bond acceptors (Lipinski definition) is 3. The lowest BCUT2D eigenvalue weighted by Crippen LogP contribution is -2.51. The van der Waals surface area contributed by atoms with Gasteiger partial charge in [-0.05, 0) is 57.6 Å². The molecular formula is C18H27N3. The fourth-order valence-corrected chi connectivity index (χ4v) is 3.35. The molecular weight excluding hydrogens is 258 g/mol. The van der Waals surface area contributed by atoms with Crippen LogP contribution in [-0.2, 0) is 0 Å². The highest BCUT2D eigenvalue weighted by Gasteiger charge is 2.36. The maximum atomic E-state index is 6.66. The average molecular weight is 285 g/mol. The van der Waals surface area contributed by atoms with Crippen molar-refractivity contribution in [2.45, 2.75) is 45.2 Å². The highest BCUT2D eigenvalue weighted by Crippen LogP contribution is 2.35. The second kappa shape index (κ2) is 6.12. The molecule has 0 aliphatic heterocycles. The maximum absolute atomic E-state index is 6.66. The number of pyridine rings is 1. The van der Waals surface area contributed by atoms with Crippen LogP contribution < -0.4 is 5.73 Å². The lowest BCUT2D eigenvalue weighted by molar-refractivity contribution is 0.106. The first-order valence-corrected chi connectivity index (χ1v) is 7.75. The van der Waals surface area contributed by atoms with Gasteiger partial charge < -0.3 is 10.6 Å². The van der Waals surface area contributed by atoms with Crippen LogP contribution in [0.3, 0.4) is 0 Å². The SMILES string of the molecule is CCC(CC)(C(N)c1ccc2nc(C)ccc2c1)N(C)C. The number of benzene rings is 1. The van der Waals surface area contributed by atoms with Crippen LogP contribution in [-0.4, -0.2) is 29.5 Å². The van der Waals surface area contributed by atoms with Gasteiger partial charge in [0.2, 0.25) is 0 Å². The van der Waals surface area contributed by atoms with Crippen LogP contribution in [0.5, 0.6) is 0 Å². The molecule has 3 heteroatoms. The van der Waals surface area contributed by atoms with Crippen molar-refractivity contribution in [1.82, 2.24) is 9.88 Å². The highest BCUT2D eigenvalue weighted by molar-refractivity contribution is 5.79. The third kappa shape index (κ3) is 2.81. The summed E-state index contributed by atoms with van der Waals surface area (Å²) in [6.45, 7) is 6.45. The van der Waals surface area contributed by atoms with Gasteiger partial charge in [-0.25, -0.2) is 0 Å². The van der Waals surface area contributed by atoms with E-state index in [1.807, 2.05) is 6.92 Å². The van der Waals surface area contributed by atoms with E-state index in [1.165, 1.54) is 5.56 Å². The van der Waals surface area contributed by atoms with Crippen molar-refractivity contribution in [3.05, 3.63) is 41.6 Å². The van der Waals surface area contributed by atoms with Crippen molar-refractivity contribution in [2.24, 2.45) is 5.73 Å². The summed E-state index contributed by atoms with van der Waals surface area (Å²) in [5.74, 6) is 0. The summed E-state index contributed by atoms with van der Waals surface area (Å²) in [5.41, 5.74) is 9.91. The maximum Gasteiger partial charge on any atom is 0.0705 e. The Labute approximate surface area is 128 Å². The summed E-state index contributed by atoms with van der Waals surface area (Å²) in [4.78, 5) is 6.84. The van der Waals surface area contributed by atoms with Crippen molar-refractivity contribution in [3.63, 3.8) is 0 Å². The smallest absolute Gasteiger partial charge is 0.0705 e. The van der Waals surface area contributed by atoms with Gasteiger partial charge in [-0.2, -0.15) is 0 Å². The Balaban J connectivity index is 2.47. The predicted octanol–water partition coefficient (Wildman–Crippen LogP) is 3.66. The summed E-state index contributed by atoms with van der Waals surface area (Å²) in [6.07, 6.45) is 2.06. The van der Waals surface area contributed by atoms with Crippen LogP contribution in [0.4, 0.5) is 0 Å². The Hall–Kier alpha value is -1.45. The molecule has 0 amide bonds. The molecule has 0 fully saturated rings. The molecule has 1 unspecified atom stereocenters. The van der Waals surface area contributed by atoms with Crippen molar-refractivity contribution < 1.29 is 0 Å². The summed E-state index contributed by atoms with van der Waals surface area (Å²) in [6, 6.07) is 10.6. The molecule has 2 aromatic rings. The molecule has 0 spiro atoms. The number of hydrogen-bond donors (Lipinski definition) is 1. The van der Waals surface area contributed by atoms with E-state index in [4.69, 9.17) is 5.73 Å². The number of nitrogens with two attached hydrogens (primary N) is 1. The molecule has 1 aromatic carbocycles. The van der Waals surface area contributed by atoms with Gasteiger partial charge in [0, 0.05) is 22.7 Å². The van der Waals surface area contributed by atoms with Gasteiger partial charge in [0.1, 0.15) is 0 Å². The number of likely N-dealkylation sites (N-methyl/N-ethyl adjacent to an activating group) is 1. The Kier molecular flexibility index (Phi) is 4.64. The topological polar surface area (TPSA) is 42.1 Å². The zero-order valence-electron chi connectivity index (χ0n) is 13.9. The van der Waals surface area contributed by atoms with Gasteiger partial charge in [0.05, 0.1) is 5.52 Å². The Morgan fingerprint density at radius 1 is 1.14 bits per heavy atom.